The standard InChI is InChI=1S/C28H43Cl2N3O5/c1-8-9-10-11-12-13-23(34)18(4)27(36)32(5)22(28(37)33(6)24(17(2)3)26(31)35)16-19-14-20(29)25(38-7)21(30)15-19/h14-15,17-18,22,24H,8-13,16H2,1-7H3,(H2,31,35)/t18-,22-,24+/m1/s1. The molecule has 1 aromatic carbocycles. The lowest BCUT2D eigenvalue weighted by Crippen LogP contribution is -2.57. The number of ether oxygens (including phenoxy) is 1. The number of amides is 3. The zero-order valence-electron chi connectivity index (χ0n) is 23.7. The second-order valence-corrected chi connectivity index (χ2v) is 11.0. The molecule has 3 amide bonds. The minimum Gasteiger partial charge on any atom is -0.494 e. The maximum atomic E-state index is 13.8. The van der Waals surface area contributed by atoms with Crippen molar-refractivity contribution < 1.29 is 23.9 Å². The van der Waals surface area contributed by atoms with Crippen LogP contribution < -0.4 is 10.5 Å². The molecule has 0 saturated heterocycles. The summed E-state index contributed by atoms with van der Waals surface area (Å²) < 4.78 is 5.21. The number of hydrogen-bond acceptors (Lipinski definition) is 5. The van der Waals surface area contributed by atoms with Crippen molar-refractivity contribution >= 4 is 46.7 Å². The molecule has 10 heteroatoms. The highest BCUT2D eigenvalue weighted by molar-refractivity contribution is 6.37. The number of halogens is 2. The van der Waals surface area contributed by atoms with E-state index in [9.17, 15) is 19.2 Å². The van der Waals surface area contributed by atoms with Gasteiger partial charge in [0.2, 0.25) is 17.7 Å². The highest BCUT2D eigenvalue weighted by Gasteiger charge is 2.37. The molecule has 1 rings (SSSR count). The smallest absolute Gasteiger partial charge is 0.246 e. The Hall–Kier alpha value is -2.32. The largest absolute Gasteiger partial charge is 0.494 e. The summed E-state index contributed by atoms with van der Waals surface area (Å²) in [6.07, 6.45) is 5.30. The molecule has 38 heavy (non-hydrogen) atoms. The van der Waals surface area contributed by atoms with Gasteiger partial charge in [-0.15, -0.1) is 0 Å². The molecule has 0 aliphatic rings. The summed E-state index contributed by atoms with van der Waals surface area (Å²) in [6, 6.07) is 1.32. The van der Waals surface area contributed by atoms with Crippen LogP contribution in [0.1, 0.15) is 71.8 Å². The lowest BCUT2D eigenvalue weighted by Gasteiger charge is -2.36. The van der Waals surface area contributed by atoms with Gasteiger partial charge in [0.05, 0.1) is 23.1 Å². The van der Waals surface area contributed by atoms with Crippen LogP contribution in [-0.2, 0) is 25.6 Å². The van der Waals surface area contributed by atoms with Gasteiger partial charge in [-0.3, -0.25) is 19.2 Å². The number of unbranched alkanes of at least 4 members (excludes halogenated alkanes) is 4. The van der Waals surface area contributed by atoms with Crippen molar-refractivity contribution in [3.63, 3.8) is 0 Å². The van der Waals surface area contributed by atoms with Crippen molar-refractivity contribution in [2.24, 2.45) is 17.6 Å². The molecule has 0 aliphatic heterocycles. The number of carbonyl (C=O) groups is 4. The van der Waals surface area contributed by atoms with E-state index in [1.165, 1.54) is 31.0 Å². The van der Waals surface area contributed by atoms with Gasteiger partial charge in [0, 0.05) is 26.9 Å². The molecule has 0 aliphatic carbocycles. The summed E-state index contributed by atoms with van der Waals surface area (Å²) in [6.45, 7) is 7.26. The second-order valence-electron chi connectivity index (χ2n) is 10.2. The third kappa shape index (κ3) is 9.16. The Morgan fingerprint density at radius 2 is 1.47 bits per heavy atom. The minimum atomic E-state index is -1.03. The number of nitrogens with zero attached hydrogens (tertiary/aromatic N) is 2. The molecule has 0 heterocycles. The Bertz CT molecular complexity index is 962. The van der Waals surface area contributed by atoms with Gasteiger partial charge in [0.25, 0.3) is 0 Å². The fourth-order valence-corrected chi connectivity index (χ4v) is 5.28. The summed E-state index contributed by atoms with van der Waals surface area (Å²) in [5.74, 6) is -2.63. The second kappa shape index (κ2) is 15.9. The van der Waals surface area contributed by atoms with E-state index in [1.54, 1.807) is 32.9 Å². The highest BCUT2D eigenvalue weighted by Crippen LogP contribution is 2.34. The maximum Gasteiger partial charge on any atom is 0.246 e. The van der Waals surface area contributed by atoms with Gasteiger partial charge >= 0.3 is 0 Å². The van der Waals surface area contributed by atoms with Crippen molar-refractivity contribution in [1.29, 1.82) is 0 Å². The third-order valence-corrected chi connectivity index (χ3v) is 7.42. The van der Waals surface area contributed by atoms with E-state index in [0.29, 0.717) is 17.7 Å². The molecule has 0 radical (unpaired) electrons. The van der Waals surface area contributed by atoms with Crippen molar-refractivity contribution in [3.05, 3.63) is 27.7 Å². The zero-order valence-corrected chi connectivity index (χ0v) is 25.2. The number of benzene rings is 1. The molecule has 8 nitrogen and oxygen atoms in total. The van der Waals surface area contributed by atoms with E-state index in [2.05, 4.69) is 6.92 Å². The summed E-state index contributed by atoms with van der Waals surface area (Å²) in [5.41, 5.74) is 6.18. The fourth-order valence-electron chi connectivity index (χ4n) is 4.59. The lowest BCUT2D eigenvalue weighted by atomic mass is 9.96. The van der Waals surface area contributed by atoms with Crippen molar-refractivity contribution in [3.8, 4) is 5.75 Å². The third-order valence-electron chi connectivity index (χ3n) is 6.86. The number of hydrogen-bond donors (Lipinski definition) is 1. The highest BCUT2D eigenvalue weighted by atomic mass is 35.5. The number of likely N-dealkylation sites (N-methyl/N-ethyl adjacent to an activating group) is 2. The van der Waals surface area contributed by atoms with Crippen molar-refractivity contribution in [2.45, 2.75) is 84.7 Å². The quantitative estimate of drug-likeness (QED) is 0.224. The summed E-state index contributed by atoms with van der Waals surface area (Å²) in [7, 11) is 4.42. The first kappa shape index (κ1) is 33.7. The number of methoxy groups -OCH3 is 1. The molecule has 0 fully saturated rings. The van der Waals surface area contributed by atoms with E-state index in [4.69, 9.17) is 33.7 Å². The van der Waals surface area contributed by atoms with Gasteiger partial charge in [0.1, 0.15) is 17.9 Å². The number of rotatable bonds is 16. The SMILES string of the molecule is CCCCCCCC(=O)[C@@H](C)C(=O)N(C)[C@H](Cc1cc(Cl)c(OC)c(Cl)c1)C(=O)N(C)[C@H](C(N)=O)C(C)C. The van der Waals surface area contributed by atoms with E-state index >= 15 is 0 Å². The Morgan fingerprint density at radius 3 is 1.95 bits per heavy atom. The molecule has 0 unspecified atom stereocenters. The fraction of sp³-hybridized carbons (Fsp3) is 0.643. The van der Waals surface area contributed by atoms with E-state index < -0.39 is 35.7 Å². The average molecular weight is 573 g/mol. The molecule has 0 saturated carbocycles. The molecule has 214 valence electrons. The molecule has 0 bridgehead atoms. The van der Waals surface area contributed by atoms with E-state index in [-0.39, 0.29) is 28.2 Å². The molecular weight excluding hydrogens is 529 g/mol. The number of carbonyl (C=O) groups excluding carboxylic acids is 4. The number of ketones is 1. The number of Topliss-reactive ketones (excluding diaryl/α,β-unsaturated/α-hetero) is 1. The van der Waals surface area contributed by atoms with Crippen LogP contribution in [0.2, 0.25) is 10.0 Å². The van der Waals surface area contributed by atoms with Crippen LogP contribution in [0.4, 0.5) is 0 Å². The van der Waals surface area contributed by atoms with Crippen LogP contribution in [0.5, 0.6) is 5.75 Å². The number of primary amides is 1. The van der Waals surface area contributed by atoms with Crippen LogP contribution in [0, 0.1) is 11.8 Å². The number of nitrogens with two attached hydrogens (primary N) is 1. The lowest BCUT2D eigenvalue weighted by molar-refractivity contribution is -0.150. The van der Waals surface area contributed by atoms with Crippen LogP contribution in [0.3, 0.4) is 0 Å². The minimum absolute atomic E-state index is 0.0519. The van der Waals surface area contributed by atoms with Crippen LogP contribution in [-0.4, -0.2) is 66.6 Å². The zero-order chi connectivity index (χ0) is 29.2. The summed E-state index contributed by atoms with van der Waals surface area (Å²) in [5, 5.41) is 0.514. The Balaban J connectivity index is 3.28. The molecule has 3 atom stereocenters. The maximum absolute atomic E-state index is 13.8. The Morgan fingerprint density at radius 1 is 0.921 bits per heavy atom. The van der Waals surface area contributed by atoms with E-state index in [1.807, 2.05) is 0 Å². The first-order valence-corrected chi connectivity index (χ1v) is 13.9. The van der Waals surface area contributed by atoms with Crippen LogP contribution in [0.25, 0.3) is 0 Å². The van der Waals surface area contributed by atoms with Crippen LogP contribution in [0.15, 0.2) is 12.1 Å². The molecule has 1 aromatic rings. The summed E-state index contributed by atoms with van der Waals surface area (Å²) in [4.78, 5) is 54.7. The normalized spacial score (nSPS) is 13.5. The van der Waals surface area contributed by atoms with Crippen molar-refractivity contribution in [2.75, 3.05) is 21.2 Å². The molecule has 2 N–H and O–H groups in total. The van der Waals surface area contributed by atoms with Crippen molar-refractivity contribution in [1.82, 2.24) is 9.80 Å². The van der Waals surface area contributed by atoms with Crippen LogP contribution >= 0.6 is 23.2 Å². The topological polar surface area (TPSA) is 110 Å². The van der Waals surface area contributed by atoms with Gasteiger partial charge < -0.3 is 20.3 Å². The van der Waals surface area contributed by atoms with E-state index in [0.717, 1.165) is 32.1 Å². The monoisotopic (exact) mass is 571 g/mol. The predicted octanol–water partition coefficient (Wildman–Crippen LogP) is 4.91. The molecule has 0 spiro atoms. The first-order valence-electron chi connectivity index (χ1n) is 13.2. The Kier molecular flexibility index (Phi) is 14.1. The van der Waals surface area contributed by atoms with Gasteiger partial charge in [0.15, 0.2) is 5.75 Å². The van der Waals surface area contributed by atoms with Gasteiger partial charge in [-0.25, -0.2) is 0 Å². The van der Waals surface area contributed by atoms with Gasteiger partial charge in [-0.1, -0.05) is 69.7 Å². The van der Waals surface area contributed by atoms with Gasteiger partial charge in [-0.2, -0.15) is 0 Å². The molecule has 0 aromatic heterocycles. The summed E-state index contributed by atoms with van der Waals surface area (Å²) >= 11 is 12.6. The van der Waals surface area contributed by atoms with Gasteiger partial charge in [-0.05, 0) is 37.0 Å². The Labute approximate surface area is 237 Å². The average Bonchev–Trinajstić information content (AvgIpc) is 2.84. The molecular formula is C28H43Cl2N3O5. The first-order chi connectivity index (χ1) is 17.8. The predicted molar refractivity (Wildman–Crippen MR) is 151 cm³/mol.